The standard InChI is InChI=1S/C20H25FN2O.C2H6/c1-4-16(14-22)12-17-13-20(24-15-17,10-5-11-23(2)3)18-6-8-19(21)9-7-18;1-2/h4,6-9,12H,5,10-11,13,15H2,1-3H3;1-2H3/b16-4+,17-12+;. The molecule has 2 rings (SSSR count). The van der Waals surface area contributed by atoms with Crippen molar-refractivity contribution in [3.05, 3.63) is 58.9 Å². The van der Waals surface area contributed by atoms with Crippen LogP contribution in [0.25, 0.3) is 0 Å². The lowest BCUT2D eigenvalue weighted by Crippen LogP contribution is -2.26. The average molecular weight is 359 g/mol. The number of ether oxygens (including phenoxy) is 1. The van der Waals surface area contributed by atoms with Gasteiger partial charge in [0.1, 0.15) is 5.82 Å². The Bertz CT molecular complexity index is 656. The highest BCUT2D eigenvalue weighted by Gasteiger charge is 2.38. The molecule has 0 bridgehead atoms. The van der Waals surface area contributed by atoms with Crippen molar-refractivity contribution < 1.29 is 9.13 Å². The van der Waals surface area contributed by atoms with Crippen LogP contribution in [0.1, 0.15) is 45.6 Å². The second-order valence-corrected chi connectivity index (χ2v) is 6.53. The number of hydrogen-bond acceptors (Lipinski definition) is 3. The molecule has 4 heteroatoms. The van der Waals surface area contributed by atoms with Gasteiger partial charge in [-0.3, -0.25) is 0 Å². The Morgan fingerprint density at radius 2 is 1.96 bits per heavy atom. The van der Waals surface area contributed by atoms with E-state index in [2.05, 4.69) is 25.1 Å². The third-order valence-corrected chi connectivity index (χ3v) is 4.40. The molecule has 3 nitrogen and oxygen atoms in total. The summed E-state index contributed by atoms with van der Waals surface area (Å²) in [7, 11) is 4.10. The van der Waals surface area contributed by atoms with Gasteiger partial charge in [-0.05, 0) is 69.8 Å². The zero-order chi connectivity index (χ0) is 19.6. The Hall–Kier alpha value is -1.96. The third-order valence-electron chi connectivity index (χ3n) is 4.40. The maximum absolute atomic E-state index is 13.3. The van der Waals surface area contributed by atoms with Gasteiger partial charge in [0, 0.05) is 12.0 Å². The van der Waals surface area contributed by atoms with Crippen LogP contribution in [-0.2, 0) is 10.3 Å². The molecule has 1 aromatic rings. The Morgan fingerprint density at radius 3 is 2.50 bits per heavy atom. The number of rotatable bonds is 6. The van der Waals surface area contributed by atoms with Gasteiger partial charge in [0.05, 0.1) is 18.3 Å². The smallest absolute Gasteiger partial charge is 0.123 e. The van der Waals surface area contributed by atoms with Crippen molar-refractivity contribution in [3.8, 4) is 6.07 Å². The average Bonchev–Trinajstić information content (AvgIpc) is 3.05. The molecule has 1 aliphatic heterocycles. The van der Waals surface area contributed by atoms with Crippen LogP contribution in [0.5, 0.6) is 0 Å². The molecule has 0 amide bonds. The zero-order valence-electron chi connectivity index (χ0n) is 16.7. The molecule has 1 heterocycles. The van der Waals surface area contributed by atoms with Gasteiger partial charge in [-0.25, -0.2) is 4.39 Å². The molecule has 142 valence electrons. The summed E-state index contributed by atoms with van der Waals surface area (Å²) in [6.07, 6.45) is 6.32. The van der Waals surface area contributed by atoms with Crippen molar-refractivity contribution in [2.45, 2.75) is 45.6 Å². The number of benzene rings is 1. The fourth-order valence-corrected chi connectivity index (χ4v) is 3.12. The Balaban J connectivity index is 0.00000163. The van der Waals surface area contributed by atoms with Gasteiger partial charge >= 0.3 is 0 Å². The van der Waals surface area contributed by atoms with E-state index in [4.69, 9.17) is 10.00 Å². The quantitative estimate of drug-likeness (QED) is 0.655. The van der Waals surface area contributed by atoms with Crippen molar-refractivity contribution in [2.24, 2.45) is 0 Å². The maximum atomic E-state index is 13.3. The SMILES string of the molecule is C/C=C(C#N)\C=C1\COC(CCCN(C)C)(c2ccc(F)cc2)C1.CC. The van der Waals surface area contributed by atoms with E-state index in [0.29, 0.717) is 12.2 Å². The van der Waals surface area contributed by atoms with Crippen molar-refractivity contribution in [3.63, 3.8) is 0 Å². The molecule has 1 aromatic carbocycles. The highest BCUT2D eigenvalue weighted by molar-refractivity contribution is 5.38. The van der Waals surface area contributed by atoms with E-state index in [9.17, 15) is 4.39 Å². The normalized spacial score (nSPS) is 21.5. The molecular weight excluding hydrogens is 327 g/mol. The molecule has 1 atom stereocenters. The summed E-state index contributed by atoms with van der Waals surface area (Å²) < 4.78 is 19.5. The van der Waals surface area contributed by atoms with Crippen LogP contribution < -0.4 is 0 Å². The van der Waals surface area contributed by atoms with E-state index in [0.717, 1.165) is 36.9 Å². The van der Waals surface area contributed by atoms with Crippen LogP contribution in [0, 0.1) is 17.1 Å². The van der Waals surface area contributed by atoms with Crippen LogP contribution in [0.3, 0.4) is 0 Å². The summed E-state index contributed by atoms with van der Waals surface area (Å²) in [6, 6.07) is 8.79. The van der Waals surface area contributed by atoms with E-state index in [-0.39, 0.29) is 5.82 Å². The van der Waals surface area contributed by atoms with E-state index in [1.54, 1.807) is 6.08 Å². The molecule has 0 aliphatic carbocycles. The zero-order valence-corrected chi connectivity index (χ0v) is 16.7. The minimum atomic E-state index is -0.427. The fourth-order valence-electron chi connectivity index (χ4n) is 3.12. The molecule has 1 fully saturated rings. The number of nitriles is 1. The molecule has 0 spiro atoms. The van der Waals surface area contributed by atoms with Gasteiger partial charge in [0.2, 0.25) is 0 Å². The molecule has 26 heavy (non-hydrogen) atoms. The first-order chi connectivity index (χ1) is 12.5. The predicted molar refractivity (Wildman–Crippen MR) is 105 cm³/mol. The summed E-state index contributed by atoms with van der Waals surface area (Å²) in [5, 5.41) is 9.12. The second kappa shape index (κ2) is 10.9. The van der Waals surface area contributed by atoms with Gasteiger partial charge in [-0.1, -0.05) is 32.1 Å². The van der Waals surface area contributed by atoms with Crippen LogP contribution in [0.4, 0.5) is 4.39 Å². The summed E-state index contributed by atoms with van der Waals surface area (Å²) in [5.41, 5.74) is 2.34. The lowest BCUT2D eigenvalue weighted by Gasteiger charge is -2.29. The van der Waals surface area contributed by atoms with Crippen LogP contribution in [0.15, 0.2) is 47.6 Å². The highest BCUT2D eigenvalue weighted by Crippen LogP contribution is 2.42. The van der Waals surface area contributed by atoms with Crippen LogP contribution >= 0.6 is 0 Å². The third kappa shape index (κ3) is 6.09. The van der Waals surface area contributed by atoms with Crippen molar-refractivity contribution >= 4 is 0 Å². The second-order valence-electron chi connectivity index (χ2n) is 6.53. The lowest BCUT2D eigenvalue weighted by molar-refractivity contribution is -0.00929. The van der Waals surface area contributed by atoms with Crippen molar-refractivity contribution in [1.29, 1.82) is 5.26 Å². The van der Waals surface area contributed by atoms with E-state index >= 15 is 0 Å². The van der Waals surface area contributed by atoms with Crippen LogP contribution in [-0.4, -0.2) is 32.1 Å². The summed E-state index contributed by atoms with van der Waals surface area (Å²) in [4.78, 5) is 2.15. The minimum Gasteiger partial charge on any atom is -0.366 e. The van der Waals surface area contributed by atoms with Gasteiger partial charge in [-0.15, -0.1) is 0 Å². The van der Waals surface area contributed by atoms with Gasteiger partial charge in [0.15, 0.2) is 0 Å². The van der Waals surface area contributed by atoms with Crippen molar-refractivity contribution in [2.75, 3.05) is 27.2 Å². The molecule has 0 radical (unpaired) electrons. The van der Waals surface area contributed by atoms with Gasteiger partial charge < -0.3 is 9.64 Å². The largest absolute Gasteiger partial charge is 0.366 e. The van der Waals surface area contributed by atoms with E-state index < -0.39 is 5.60 Å². The predicted octanol–water partition coefficient (Wildman–Crippen LogP) is 5.21. The van der Waals surface area contributed by atoms with E-state index in [1.165, 1.54) is 12.1 Å². The first-order valence-corrected chi connectivity index (χ1v) is 9.29. The molecular formula is C22H31FN2O. The monoisotopic (exact) mass is 358 g/mol. The molecule has 0 N–H and O–H groups in total. The molecule has 1 unspecified atom stereocenters. The minimum absolute atomic E-state index is 0.239. The Labute approximate surface area is 157 Å². The first-order valence-electron chi connectivity index (χ1n) is 9.29. The number of allylic oxidation sites excluding steroid dienone is 3. The topological polar surface area (TPSA) is 36.3 Å². The molecule has 1 saturated heterocycles. The summed E-state index contributed by atoms with van der Waals surface area (Å²) >= 11 is 0. The van der Waals surface area contributed by atoms with Crippen LogP contribution in [0.2, 0.25) is 0 Å². The molecule has 1 aliphatic rings. The number of halogens is 1. The fraction of sp³-hybridized carbons (Fsp3) is 0.500. The lowest BCUT2D eigenvalue weighted by atomic mass is 9.85. The number of hydrogen-bond donors (Lipinski definition) is 0. The van der Waals surface area contributed by atoms with Gasteiger partial charge in [0.25, 0.3) is 0 Å². The highest BCUT2D eigenvalue weighted by atomic mass is 19.1. The Kier molecular flexibility index (Phi) is 9.26. The first kappa shape index (κ1) is 22.1. The Morgan fingerprint density at radius 1 is 1.31 bits per heavy atom. The summed E-state index contributed by atoms with van der Waals surface area (Å²) in [5.74, 6) is -0.239. The van der Waals surface area contributed by atoms with Gasteiger partial charge in [-0.2, -0.15) is 5.26 Å². The maximum Gasteiger partial charge on any atom is 0.123 e. The van der Waals surface area contributed by atoms with Crippen molar-refractivity contribution in [1.82, 2.24) is 4.90 Å². The molecule has 0 saturated carbocycles. The summed E-state index contributed by atoms with van der Waals surface area (Å²) in [6.45, 7) is 7.34. The molecule has 0 aromatic heterocycles. The van der Waals surface area contributed by atoms with E-state index in [1.807, 2.05) is 39.0 Å². The number of nitrogens with zero attached hydrogens (tertiary/aromatic N) is 2.